The average molecular weight is 318 g/mol. The molecule has 0 radical (unpaired) electrons. The Morgan fingerprint density at radius 3 is 2.80 bits per heavy atom. The SMILES string of the molecule is NNc1ccc(Cl)cc1C(=O)NCC1CCS(=O)(=O)C1. The molecule has 1 aliphatic rings. The third kappa shape index (κ3) is 3.62. The fourth-order valence-corrected chi connectivity index (χ4v) is 4.23. The van der Waals surface area contributed by atoms with E-state index in [-0.39, 0.29) is 23.3 Å². The van der Waals surface area contributed by atoms with E-state index in [0.29, 0.717) is 29.2 Å². The zero-order valence-electron chi connectivity index (χ0n) is 10.7. The van der Waals surface area contributed by atoms with E-state index in [1.807, 2.05) is 0 Å². The summed E-state index contributed by atoms with van der Waals surface area (Å²) in [6.07, 6.45) is 0.583. The highest BCUT2D eigenvalue weighted by molar-refractivity contribution is 7.91. The van der Waals surface area contributed by atoms with E-state index in [1.165, 1.54) is 6.07 Å². The van der Waals surface area contributed by atoms with Gasteiger partial charge in [-0.05, 0) is 30.5 Å². The number of nitrogen functional groups attached to an aromatic ring is 1. The number of carbonyl (C=O) groups excluding carboxylic acids is 1. The molecule has 110 valence electrons. The molecule has 6 nitrogen and oxygen atoms in total. The van der Waals surface area contributed by atoms with Crippen LogP contribution in [0.2, 0.25) is 5.02 Å². The summed E-state index contributed by atoms with van der Waals surface area (Å²) in [6.45, 7) is 0.328. The van der Waals surface area contributed by atoms with Crippen molar-refractivity contribution in [3.8, 4) is 0 Å². The summed E-state index contributed by atoms with van der Waals surface area (Å²) in [6, 6.07) is 4.74. The highest BCUT2D eigenvalue weighted by Gasteiger charge is 2.28. The first-order valence-corrected chi connectivity index (χ1v) is 8.36. The summed E-state index contributed by atoms with van der Waals surface area (Å²) in [5.74, 6) is 5.31. The molecule has 1 aliphatic heterocycles. The summed E-state index contributed by atoms with van der Waals surface area (Å²) in [5, 5.41) is 3.15. The van der Waals surface area contributed by atoms with Gasteiger partial charge in [0.05, 0.1) is 22.8 Å². The van der Waals surface area contributed by atoms with Gasteiger partial charge in [-0.15, -0.1) is 0 Å². The van der Waals surface area contributed by atoms with Crippen LogP contribution in [-0.2, 0) is 9.84 Å². The monoisotopic (exact) mass is 317 g/mol. The molecule has 0 bridgehead atoms. The van der Waals surface area contributed by atoms with Gasteiger partial charge in [-0.2, -0.15) is 0 Å². The third-order valence-corrected chi connectivity index (χ3v) is 5.33. The largest absolute Gasteiger partial charge is 0.352 e. The number of amides is 1. The highest BCUT2D eigenvalue weighted by atomic mass is 35.5. The number of carbonyl (C=O) groups is 1. The average Bonchev–Trinajstić information content (AvgIpc) is 2.75. The first-order valence-electron chi connectivity index (χ1n) is 6.16. The Bertz CT molecular complexity index is 618. The van der Waals surface area contributed by atoms with Crippen molar-refractivity contribution in [1.29, 1.82) is 0 Å². The minimum Gasteiger partial charge on any atom is -0.352 e. The Morgan fingerprint density at radius 2 is 2.20 bits per heavy atom. The van der Waals surface area contributed by atoms with Crippen LogP contribution in [-0.4, -0.2) is 32.4 Å². The molecule has 1 saturated heterocycles. The standard InChI is InChI=1S/C12H16ClN3O3S/c13-9-1-2-11(16-14)10(5-9)12(17)15-6-8-3-4-20(18,19)7-8/h1-2,5,8,16H,3-4,6-7,14H2,(H,15,17). The van der Waals surface area contributed by atoms with E-state index in [0.717, 1.165) is 0 Å². The van der Waals surface area contributed by atoms with Gasteiger partial charge < -0.3 is 10.7 Å². The zero-order valence-corrected chi connectivity index (χ0v) is 12.3. The van der Waals surface area contributed by atoms with E-state index in [2.05, 4.69) is 10.7 Å². The maximum absolute atomic E-state index is 12.1. The maximum atomic E-state index is 12.1. The van der Waals surface area contributed by atoms with Gasteiger partial charge in [-0.1, -0.05) is 11.6 Å². The molecule has 1 fully saturated rings. The molecule has 0 aromatic heterocycles. The molecule has 0 aliphatic carbocycles. The van der Waals surface area contributed by atoms with Crippen molar-refractivity contribution in [2.24, 2.45) is 11.8 Å². The quantitative estimate of drug-likeness (QED) is 0.563. The van der Waals surface area contributed by atoms with Crippen LogP contribution in [0.25, 0.3) is 0 Å². The van der Waals surface area contributed by atoms with Crippen LogP contribution < -0.4 is 16.6 Å². The normalized spacial score (nSPS) is 20.6. The number of halogens is 1. The molecule has 2 rings (SSSR count). The van der Waals surface area contributed by atoms with Crippen LogP contribution in [0.1, 0.15) is 16.8 Å². The smallest absolute Gasteiger partial charge is 0.253 e. The van der Waals surface area contributed by atoms with Crippen LogP contribution in [0.5, 0.6) is 0 Å². The Kier molecular flexibility index (Phi) is 4.52. The number of nitrogens with two attached hydrogens (primary N) is 1. The first kappa shape index (κ1) is 15.1. The molecule has 1 atom stereocenters. The first-order chi connectivity index (χ1) is 9.41. The third-order valence-electron chi connectivity index (χ3n) is 3.26. The van der Waals surface area contributed by atoms with Crippen molar-refractivity contribution in [2.45, 2.75) is 6.42 Å². The van der Waals surface area contributed by atoms with E-state index in [1.54, 1.807) is 12.1 Å². The molecule has 1 aromatic rings. The van der Waals surface area contributed by atoms with Crippen molar-refractivity contribution < 1.29 is 13.2 Å². The predicted molar refractivity (Wildman–Crippen MR) is 78.4 cm³/mol. The summed E-state index contributed by atoms with van der Waals surface area (Å²) in [4.78, 5) is 12.1. The lowest BCUT2D eigenvalue weighted by molar-refractivity contribution is 0.0949. The van der Waals surface area contributed by atoms with Gasteiger partial charge in [-0.25, -0.2) is 8.42 Å². The number of hydrazine groups is 1. The molecule has 1 aromatic carbocycles. The lowest BCUT2D eigenvalue weighted by atomic mass is 10.1. The van der Waals surface area contributed by atoms with Crippen LogP contribution >= 0.6 is 11.6 Å². The van der Waals surface area contributed by atoms with Gasteiger partial charge in [-0.3, -0.25) is 10.6 Å². The van der Waals surface area contributed by atoms with E-state index >= 15 is 0 Å². The molecule has 8 heteroatoms. The number of hydrogen-bond acceptors (Lipinski definition) is 5. The lowest BCUT2D eigenvalue weighted by Crippen LogP contribution is -2.30. The van der Waals surface area contributed by atoms with Gasteiger partial charge in [0.25, 0.3) is 5.91 Å². The minimum absolute atomic E-state index is 0.0302. The molecule has 1 heterocycles. The minimum atomic E-state index is -2.93. The molecule has 0 spiro atoms. The van der Waals surface area contributed by atoms with Crippen molar-refractivity contribution in [2.75, 3.05) is 23.5 Å². The maximum Gasteiger partial charge on any atom is 0.253 e. The second-order valence-electron chi connectivity index (χ2n) is 4.81. The van der Waals surface area contributed by atoms with Gasteiger partial charge in [0.2, 0.25) is 0 Å². The van der Waals surface area contributed by atoms with E-state index in [4.69, 9.17) is 17.4 Å². The van der Waals surface area contributed by atoms with Crippen LogP contribution in [0.4, 0.5) is 5.69 Å². The van der Waals surface area contributed by atoms with Crippen LogP contribution in [0.15, 0.2) is 18.2 Å². The summed E-state index contributed by atoms with van der Waals surface area (Å²) in [5.41, 5.74) is 3.23. The van der Waals surface area contributed by atoms with Crippen molar-refractivity contribution in [1.82, 2.24) is 5.32 Å². The Hall–Kier alpha value is -1.31. The van der Waals surface area contributed by atoms with Crippen molar-refractivity contribution in [3.05, 3.63) is 28.8 Å². The summed E-state index contributed by atoms with van der Waals surface area (Å²) < 4.78 is 22.7. The fourth-order valence-electron chi connectivity index (χ4n) is 2.20. The Labute approximate surface area is 122 Å². The van der Waals surface area contributed by atoms with Crippen molar-refractivity contribution in [3.63, 3.8) is 0 Å². The topological polar surface area (TPSA) is 101 Å². The summed E-state index contributed by atoms with van der Waals surface area (Å²) >= 11 is 5.85. The van der Waals surface area contributed by atoms with Gasteiger partial charge >= 0.3 is 0 Å². The second kappa shape index (κ2) is 5.99. The predicted octanol–water partition coefficient (Wildman–Crippen LogP) is 0.790. The summed E-state index contributed by atoms with van der Waals surface area (Å²) in [7, 11) is -2.93. The van der Waals surface area contributed by atoms with Gasteiger partial charge in [0.15, 0.2) is 9.84 Å². The molecule has 0 saturated carbocycles. The van der Waals surface area contributed by atoms with Gasteiger partial charge in [0.1, 0.15) is 0 Å². The van der Waals surface area contributed by atoms with Gasteiger partial charge in [0, 0.05) is 11.6 Å². The Balaban J connectivity index is 2.00. The number of hydrogen-bond donors (Lipinski definition) is 3. The van der Waals surface area contributed by atoms with E-state index < -0.39 is 9.84 Å². The molecule has 1 unspecified atom stereocenters. The molecular formula is C12H16ClN3O3S. The van der Waals surface area contributed by atoms with Crippen LogP contribution in [0, 0.1) is 5.92 Å². The zero-order chi connectivity index (χ0) is 14.8. The number of anilines is 1. The second-order valence-corrected chi connectivity index (χ2v) is 7.48. The van der Waals surface area contributed by atoms with Crippen molar-refractivity contribution >= 4 is 33.0 Å². The fraction of sp³-hybridized carbons (Fsp3) is 0.417. The lowest BCUT2D eigenvalue weighted by Gasteiger charge is -2.12. The molecule has 4 N–H and O–H groups in total. The number of nitrogens with one attached hydrogen (secondary N) is 2. The Morgan fingerprint density at radius 1 is 1.45 bits per heavy atom. The highest BCUT2D eigenvalue weighted by Crippen LogP contribution is 2.21. The number of sulfone groups is 1. The molecular weight excluding hydrogens is 302 g/mol. The van der Waals surface area contributed by atoms with Crippen LogP contribution in [0.3, 0.4) is 0 Å². The van der Waals surface area contributed by atoms with E-state index in [9.17, 15) is 13.2 Å². The molecule has 20 heavy (non-hydrogen) atoms. The molecule has 1 amide bonds. The number of rotatable bonds is 4. The number of benzene rings is 1.